The molecule has 0 aliphatic heterocycles. The van der Waals surface area contributed by atoms with E-state index >= 15 is 0 Å². The van der Waals surface area contributed by atoms with Crippen molar-refractivity contribution in [3.05, 3.63) is 35.2 Å². The molecule has 2 heterocycles. The molecule has 2 aromatic heterocycles. The quantitative estimate of drug-likeness (QED) is 0.224. The standard InChI is InChI=1S/C21H31N4O8P/c1-20(2,3)18(27)30-13-32-34(29,33-14-31-19(28)21(4,5)6)10-8-7-9-25-12-24-15-16(25)22-11-23-17(15)26/h7-8,11-12H,9-10,13-14H2,1-6H3,(H,22,23,26)/b8-7+. The Labute approximate surface area is 197 Å². The number of fused-ring (bicyclic) bond motifs is 1. The van der Waals surface area contributed by atoms with Crippen LogP contribution in [-0.2, 0) is 39.2 Å². The summed E-state index contributed by atoms with van der Waals surface area (Å²) in [5.74, 6) is -1.08. The number of allylic oxidation sites excluding steroid dienone is 2. The van der Waals surface area contributed by atoms with Crippen molar-refractivity contribution in [3.8, 4) is 0 Å². The van der Waals surface area contributed by atoms with Gasteiger partial charge in [0.25, 0.3) is 5.56 Å². The first kappa shape index (κ1) is 27.4. The van der Waals surface area contributed by atoms with Gasteiger partial charge in [-0.25, -0.2) is 9.97 Å². The number of hydrogen-bond acceptors (Lipinski definition) is 10. The largest absolute Gasteiger partial charge is 0.438 e. The van der Waals surface area contributed by atoms with Crippen LogP contribution in [0.1, 0.15) is 41.5 Å². The summed E-state index contributed by atoms with van der Waals surface area (Å²) in [5.41, 5.74) is -1.28. The number of aromatic amines is 1. The van der Waals surface area contributed by atoms with Gasteiger partial charge in [-0.15, -0.1) is 0 Å². The van der Waals surface area contributed by atoms with Crippen molar-refractivity contribution in [1.29, 1.82) is 0 Å². The maximum Gasteiger partial charge on any atom is 0.340 e. The molecule has 0 spiro atoms. The number of carbonyl (C=O) groups is 2. The van der Waals surface area contributed by atoms with E-state index in [9.17, 15) is 18.9 Å². The van der Waals surface area contributed by atoms with Crippen LogP contribution >= 0.6 is 7.60 Å². The number of hydrogen-bond donors (Lipinski definition) is 1. The Bertz CT molecular complexity index is 1100. The molecule has 2 rings (SSSR count). The lowest BCUT2D eigenvalue weighted by molar-refractivity contribution is -0.161. The van der Waals surface area contributed by atoms with Crippen LogP contribution in [0, 0.1) is 10.8 Å². The molecule has 12 nitrogen and oxygen atoms in total. The number of rotatable bonds is 10. The van der Waals surface area contributed by atoms with Crippen LogP contribution in [0.2, 0.25) is 0 Å². The maximum atomic E-state index is 13.1. The molecule has 1 N–H and O–H groups in total. The number of aromatic nitrogens is 4. The van der Waals surface area contributed by atoms with E-state index in [0.717, 1.165) is 0 Å². The molecule has 34 heavy (non-hydrogen) atoms. The van der Waals surface area contributed by atoms with Gasteiger partial charge >= 0.3 is 19.5 Å². The first-order valence-corrected chi connectivity index (χ1v) is 12.2. The zero-order valence-corrected chi connectivity index (χ0v) is 21.1. The zero-order chi connectivity index (χ0) is 25.6. The van der Waals surface area contributed by atoms with E-state index in [4.69, 9.17) is 18.5 Å². The monoisotopic (exact) mass is 498 g/mol. The second kappa shape index (κ2) is 11.1. The Morgan fingerprint density at radius 1 is 1.00 bits per heavy atom. The average Bonchev–Trinajstić information content (AvgIpc) is 3.14. The third-order valence-electron chi connectivity index (χ3n) is 4.31. The summed E-state index contributed by atoms with van der Waals surface area (Å²) < 4.78 is 35.3. The fraction of sp³-hybridized carbons (Fsp3) is 0.571. The third kappa shape index (κ3) is 7.89. The van der Waals surface area contributed by atoms with Gasteiger partial charge in [0.05, 0.1) is 29.6 Å². The van der Waals surface area contributed by atoms with E-state index in [0.29, 0.717) is 5.65 Å². The molecule has 0 aliphatic rings. The predicted octanol–water partition coefficient (Wildman–Crippen LogP) is 3.00. The first-order valence-electron chi connectivity index (χ1n) is 10.5. The summed E-state index contributed by atoms with van der Waals surface area (Å²) in [6, 6.07) is 0. The van der Waals surface area contributed by atoms with E-state index in [1.54, 1.807) is 52.2 Å². The molecule has 0 saturated carbocycles. The summed E-state index contributed by atoms with van der Waals surface area (Å²) in [5, 5.41) is 0. The van der Waals surface area contributed by atoms with Crippen LogP contribution < -0.4 is 5.56 Å². The normalized spacial score (nSPS) is 12.9. The highest BCUT2D eigenvalue weighted by Gasteiger charge is 2.29. The lowest BCUT2D eigenvalue weighted by atomic mass is 9.98. The van der Waals surface area contributed by atoms with Crippen molar-refractivity contribution >= 4 is 30.7 Å². The first-order chi connectivity index (χ1) is 15.7. The minimum absolute atomic E-state index is 0.187. The molecule has 0 radical (unpaired) electrons. The van der Waals surface area contributed by atoms with Gasteiger partial charge in [0.1, 0.15) is 0 Å². The summed E-state index contributed by atoms with van der Waals surface area (Å²) >= 11 is 0. The Morgan fingerprint density at radius 3 is 2.09 bits per heavy atom. The van der Waals surface area contributed by atoms with Crippen LogP contribution in [-0.4, -0.2) is 51.2 Å². The predicted molar refractivity (Wildman–Crippen MR) is 123 cm³/mol. The fourth-order valence-electron chi connectivity index (χ4n) is 2.31. The molecule has 0 fully saturated rings. The molecule has 0 aliphatic carbocycles. The van der Waals surface area contributed by atoms with Gasteiger partial charge < -0.3 is 19.0 Å². The minimum Gasteiger partial charge on any atom is -0.438 e. The highest BCUT2D eigenvalue weighted by atomic mass is 31.2. The molecule has 0 atom stereocenters. The van der Waals surface area contributed by atoms with Crippen LogP contribution in [0.15, 0.2) is 29.6 Å². The van der Waals surface area contributed by atoms with E-state index < -0.39 is 44.0 Å². The molecule has 0 saturated heterocycles. The lowest BCUT2D eigenvalue weighted by Crippen LogP contribution is -2.25. The van der Waals surface area contributed by atoms with Gasteiger partial charge in [-0.05, 0) is 41.5 Å². The molecular formula is C21H31N4O8P. The SMILES string of the molecule is CC(C)(C)C(=O)OCOP(=O)(C/C=C/Cn1cnc2c(=O)[nH]cnc21)OCOC(=O)C(C)(C)C. The lowest BCUT2D eigenvalue weighted by Gasteiger charge is -2.21. The fourth-order valence-corrected chi connectivity index (χ4v) is 3.43. The van der Waals surface area contributed by atoms with E-state index in [1.807, 2.05) is 0 Å². The number of H-pyrrole nitrogens is 1. The molecule has 188 valence electrons. The van der Waals surface area contributed by atoms with Crippen LogP contribution in [0.25, 0.3) is 11.2 Å². The van der Waals surface area contributed by atoms with E-state index in [2.05, 4.69) is 15.0 Å². The Balaban J connectivity index is 2.02. The minimum atomic E-state index is -3.84. The Kier molecular flexibility index (Phi) is 8.93. The smallest absolute Gasteiger partial charge is 0.340 e. The highest BCUT2D eigenvalue weighted by Crippen LogP contribution is 2.48. The number of esters is 2. The van der Waals surface area contributed by atoms with Crippen molar-refractivity contribution in [2.24, 2.45) is 10.8 Å². The van der Waals surface area contributed by atoms with Gasteiger partial charge in [-0.1, -0.05) is 12.2 Å². The molecular weight excluding hydrogens is 467 g/mol. The molecule has 0 aromatic carbocycles. The summed E-state index contributed by atoms with van der Waals surface area (Å²) in [6.07, 6.45) is 5.75. The summed E-state index contributed by atoms with van der Waals surface area (Å²) in [7, 11) is -3.84. The van der Waals surface area contributed by atoms with Crippen molar-refractivity contribution in [1.82, 2.24) is 19.5 Å². The van der Waals surface area contributed by atoms with Crippen LogP contribution in [0.4, 0.5) is 0 Å². The molecule has 2 aromatic rings. The summed E-state index contributed by atoms with van der Waals surface area (Å²) in [4.78, 5) is 46.2. The number of nitrogens with zero attached hydrogens (tertiary/aromatic N) is 3. The second-order valence-electron chi connectivity index (χ2n) is 9.42. The third-order valence-corrected chi connectivity index (χ3v) is 5.96. The maximum absolute atomic E-state index is 13.1. The van der Waals surface area contributed by atoms with Crippen molar-refractivity contribution in [2.45, 2.75) is 48.1 Å². The molecule has 0 amide bonds. The second-order valence-corrected chi connectivity index (χ2v) is 11.5. The van der Waals surface area contributed by atoms with E-state index in [1.165, 1.54) is 18.7 Å². The van der Waals surface area contributed by atoms with Gasteiger partial charge in [0, 0.05) is 6.54 Å². The Morgan fingerprint density at radius 2 is 1.56 bits per heavy atom. The summed E-state index contributed by atoms with van der Waals surface area (Å²) in [6.45, 7) is 9.12. The highest BCUT2D eigenvalue weighted by molar-refractivity contribution is 7.54. The van der Waals surface area contributed by atoms with Crippen molar-refractivity contribution < 1.29 is 32.7 Å². The number of nitrogens with one attached hydrogen (secondary N) is 1. The Hall–Kier alpha value is -2.82. The number of carbonyl (C=O) groups excluding carboxylic acids is 2. The van der Waals surface area contributed by atoms with Crippen molar-refractivity contribution in [2.75, 3.05) is 19.7 Å². The van der Waals surface area contributed by atoms with Gasteiger partial charge in [0.2, 0.25) is 13.6 Å². The molecule has 0 unspecified atom stereocenters. The zero-order valence-electron chi connectivity index (χ0n) is 20.2. The van der Waals surface area contributed by atoms with Crippen LogP contribution in [0.3, 0.4) is 0 Å². The number of imidazole rings is 1. The van der Waals surface area contributed by atoms with Gasteiger partial charge in [0.15, 0.2) is 11.2 Å². The van der Waals surface area contributed by atoms with Gasteiger partial charge in [-0.3, -0.25) is 28.0 Å². The average molecular weight is 498 g/mol. The molecule has 13 heteroatoms. The number of ether oxygens (including phenoxy) is 2. The van der Waals surface area contributed by atoms with E-state index in [-0.39, 0.29) is 23.8 Å². The molecule has 0 bridgehead atoms. The van der Waals surface area contributed by atoms with Crippen molar-refractivity contribution in [3.63, 3.8) is 0 Å². The van der Waals surface area contributed by atoms with Gasteiger partial charge in [-0.2, -0.15) is 0 Å². The van der Waals surface area contributed by atoms with Crippen LogP contribution in [0.5, 0.6) is 0 Å². The topological polar surface area (TPSA) is 152 Å².